The zero-order valence-corrected chi connectivity index (χ0v) is 28.4. The zero-order valence-electron chi connectivity index (χ0n) is 26.9. The Bertz CT molecular complexity index is 2090. The van der Waals surface area contributed by atoms with Gasteiger partial charge in [0, 0.05) is 84.9 Å². The Kier molecular flexibility index (Phi) is 10.6. The summed E-state index contributed by atoms with van der Waals surface area (Å²) in [5.41, 5.74) is 4.54. The summed E-state index contributed by atoms with van der Waals surface area (Å²) in [5.74, 6) is -0.351. The summed E-state index contributed by atoms with van der Waals surface area (Å²) in [6, 6.07) is 15.9. The zero-order chi connectivity index (χ0) is 34.7. The normalized spacial score (nSPS) is 15.1. The average Bonchev–Trinajstić information content (AvgIpc) is 3.51. The van der Waals surface area contributed by atoms with E-state index in [2.05, 4.69) is 25.9 Å². The lowest BCUT2D eigenvalue weighted by molar-refractivity contribution is -0.119. The number of nitrogens with zero attached hydrogens (tertiary/aromatic N) is 3. The van der Waals surface area contributed by atoms with Crippen molar-refractivity contribution in [3.8, 4) is 39.4 Å². The van der Waals surface area contributed by atoms with Gasteiger partial charge in [-0.25, -0.2) is 14.4 Å². The number of nitrogens with one attached hydrogen (secondary N) is 3. The monoisotopic (exact) mass is 704 g/mol. The number of benzene rings is 2. The molecule has 0 saturated carbocycles. The Labute approximate surface area is 292 Å². The summed E-state index contributed by atoms with van der Waals surface area (Å²) >= 11 is 14.0. The van der Waals surface area contributed by atoms with E-state index >= 15 is 4.39 Å². The van der Waals surface area contributed by atoms with Crippen LogP contribution in [0.25, 0.3) is 39.2 Å². The van der Waals surface area contributed by atoms with Gasteiger partial charge in [0.25, 0.3) is 5.56 Å². The highest BCUT2D eigenvalue weighted by Crippen LogP contribution is 2.42. The lowest BCUT2D eigenvalue weighted by Gasteiger charge is -2.16. The summed E-state index contributed by atoms with van der Waals surface area (Å²) in [6.45, 7) is 2.99. The van der Waals surface area contributed by atoms with Gasteiger partial charge < -0.3 is 25.8 Å². The molecule has 1 saturated heterocycles. The number of hydrogen-bond acceptors (Lipinski definition) is 8. The number of halogens is 3. The topological polar surface area (TPSA) is 130 Å². The molecule has 49 heavy (non-hydrogen) atoms. The molecule has 1 aliphatic heterocycles. The second-order valence-electron chi connectivity index (χ2n) is 12.0. The molecule has 4 heterocycles. The summed E-state index contributed by atoms with van der Waals surface area (Å²) < 4.78 is 22.5. The maximum atomic E-state index is 15.5. The van der Waals surface area contributed by atoms with Crippen LogP contribution in [0.5, 0.6) is 5.88 Å². The highest BCUT2D eigenvalue weighted by atomic mass is 35.5. The van der Waals surface area contributed by atoms with E-state index in [1.807, 2.05) is 24.3 Å². The van der Waals surface area contributed by atoms with Gasteiger partial charge in [0.15, 0.2) is 0 Å². The van der Waals surface area contributed by atoms with E-state index < -0.39 is 11.9 Å². The van der Waals surface area contributed by atoms with Crippen LogP contribution in [-0.4, -0.2) is 57.7 Å². The number of methoxy groups -OCH3 is 1. The molecule has 5 aromatic rings. The van der Waals surface area contributed by atoms with Crippen molar-refractivity contribution in [2.45, 2.75) is 45.0 Å². The number of pyridine rings is 2. The average molecular weight is 706 g/mol. The van der Waals surface area contributed by atoms with Crippen LogP contribution in [0, 0.1) is 5.82 Å². The number of hydrogen-bond donors (Lipinski definition) is 4. The molecular formula is C36H35Cl2FN6O4. The first-order valence-electron chi connectivity index (χ1n) is 15.8. The van der Waals surface area contributed by atoms with E-state index in [4.69, 9.17) is 27.9 Å². The number of carbonyl (C=O) groups is 1. The largest absolute Gasteiger partial charge is 0.481 e. The second-order valence-corrected chi connectivity index (χ2v) is 12.7. The number of carbonyl (C=O) groups excluding carboxylic acids is 1. The third-order valence-corrected chi connectivity index (χ3v) is 9.23. The van der Waals surface area contributed by atoms with Crippen molar-refractivity contribution in [3.05, 3.63) is 104 Å². The summed E-state index contributed by atoms with van der Waals surface area (Å²) in [7, 11) is 1.43. The fourth-order valence-electron chi connectivity index (χ4n) is 5.91. The van der Waals surface area contributed by atoms with Gasteiger partial charge in [-0.3, -0.25) is 14.0 Å². The summed E-state index contributed by atoms with van der Waals surface area (Å²) in [5, 5.41) is 19.4. The Morgan fingerprint density at radius 2 is 1.76 bits per heavy atom. The minimum Gasteiger partial charge on any atom is -0.481 e. The van der Waals surface area contributed by atoms with E-state index in [1.165, 1.54) is 23.8 Å². The molecule has 2 unspecified atom stereocenters. The predicted molar refractivity (Wildman–Crippen MR) is 188 cm³/mol. The molecule has 2 atom stereocenters. The summed E-state index contributed by atoms with van der Waals surface area (Å²) in [4.78, 5) is 33.6. The fourth-order valence-corrected chi connectivity index (χ4v) is 6.57. The standard InChI is InChI=1S/C36H35Cl2FN6O4/c1-20(46)15-40-16-22-17-42-31-13-21(11-12-45(31)36(22)48)24-5-3-6-25(33(24)37)26-7-4-8-27(34(26)38)30-14-29(39)28(35(44-30)49-2)19-41-18-23-9-10-32(47)43-23/h3-8,11-14,17,20,23,40-41,46H,9-10,15-16,18-19H2,1-2H3,(H,43,47). The third kappa shape index (κ3) is 7.46. The van der Waals surface area contributed by atoms with Crippen molar-refractivity contribution in [2.75, 3.05) is 20.2 Å². The number of fused-ring (bicyclic) bond motifs is 1. The minimum atomic E-state index is -0.529. The van der Waals surface area contributed by atoms with Crippen molar-refractivity contribution >= 4 is 34.8 Å². The first kappa shape index (κ1) is 34.5. The maximum Gasteiger partial charge on any atom is 0.262 e. The van der Waals surface area contributed by atoms with Gasteiger partial charge in [-0.05, 0) is 31.0 Å². The predicted octanol–water partition coefficient (Wildman–Crippen LogP) is 5.38. The number of aliphatic hydroxyl groups is 1. The molecule has 10 nitrogen and oxygen atoms in total. The van der Waals surface area contributed by atoms with Crippen molar-refractivity contribution < 1.29 is 19.0 Å². The van der Waals surface area contributed by atoms with Crippen LogP contribution in [0.3, 0.4) is 0 Å². The molecule has 3 aromatic heterocycles. The fraction of sp³-hybridized carbons (Fsp3) is 0.278. The molecule has 0 radical (unpaired) electrons. The molecular weight excluding hydrogens is 670 g/mol. The van der Waals surface area contributed by atoms with Crippen LogP contribution in [0.2, 0.25) is 10.0 Å². The van der Waals surface area contributed by atoms with Gasteiger partial charge in [0.05, 0.1) is 34.5 Å². The van der Waals surface area contributed by atoms with E-state index in [0.29, 0.717) is 68.7 Å². The van der Waals surface area contributed by atoms with Crippen LogP contribution < -0.4 is 26.2 Å². The van der Waals surface area contributed by atoms with Crippen LogP contribution in [0.1, 0.15) is 30.9 Å². The Morgan fingerprint density at radius 3 is 2.45 bits per heavy atom. The molecule has 0 bridgehead atoms. The van der Waals surface area contributed by atoms with Gasteiger partial charge in [-0.15, -0.1) is 0 Å². The minimum absolute atomic E-state index is 0.00600. The molecule has 1 amide bonds. The molecule has 6 rings (SSSR count). The van der Waals surface area contributed by atoms with Crippen LogP contribution >= 0.6 is 23.2 Å². The van der Waals surface area contributed by atoms with E-state index in [1.54, 1.807) is 37.4 Å². The highest BCUT2D eigenvalue weighted by molar-refractivity contribution is 6.39. The molecule has 254 valence electrons. The van der Waals surface area contributed by atoms with E-state index in [0.717, 1.165) is 12.0 Å². The van der Waals surface area contributed by atoms with Crippen molar-refractivity contribution in [2.24, 2.45) is 0 Å². The van der Waals surface area contributed by atoms with Crippen molar-refractivity contribution in [1.29, 1.82) is 0 Å². The Balaban J connectivity index is 1.28. The maximum absolute atomic E-state index is 15.5. The van der Waals surface area contributed by atoms with Crippen LogP contribution in [-0.2, 0) is 17.9 Å². The molecule has 1 fully saturated rings. The molecule has 4 N–H and O–H groups in total. The van der Waals surface area contributed by atoms with Crippen molar-refractivity contribution in [1.82, 2.24) is 30.3 Å². The summed E-state index contributed by atoms with van der Waals surface area (Å²) in [6.07, 6.45) is 3.89. The Hall–Kier alpha value is -4.39. The van der Waals surface area contributed by atoms with Gasteiger partial charge in [0.2, 0.25) is 11.8 Å². The van der Waals surface area contributed by atoms with E-state index in [9.17, 15) is 14.7 Å². The molecule has 2 aromatic carbocycles. The molecule has 1 aliphatic rings. The number of aromatic nitrogens is 3. The number of aliphatic hydroxyl groups excluding tert-OH is 1. The first-order valence-corrected chi connectivity index (χ1v) is 16.6. The smallest absolute Gasteiger partial charge is 0.262 e. The number of amides is 1. The van der Waals surface area contributed by atoms with Gasteiger partial charge >= 0.3 is 0 Å². The van der Waals surface area contributed by atoms with E-state index in [-0.39, 0.29) is 42.0 Å². The van der Waals surface area contributed by atoms with Crippen LogP contribution in [0.4, 0.5) is 4.39 Å². The van der Waals surface area contributed by atoms with Gasteiger partial charge in [-0.1, -0.05) is 59.6 Å². The SMILES string of the molecule is COc1nc(-c2cccc(-c3cccc(-c4ccn5c(=O)c(CNCC(C)O)cnc5c4)c3Cl)c2Cl)cc(F)c1CNCC1CCC(=O)N1. The quantitative estimate of drug-likeness (QED) is 0.136. The molecule has 13 heteroatoms. The number of ether oxygens (including phenoxy) is 1. The van der Waals surface area contributed by atoms with Gasteiger partial charge in [-0.2, -0.15) is 0 Å². The first-order chi connectivity index (χ1) is 23.6. The van der Waals surface area contributed by atoms with Crippen molar-refractivity contribution in [3.63, 3.8) is 0 Å². The molecule has 0 spiro atoms. The van der Waals surface area contributed by atoms with Gasteiger partial charge in [0.1, 0.15) is 11.5 Å². The second kappa shape index (κ2) is 15.0. The highest BCUT2D eigenvalue weighted by Gasteiger charge is 2.22. The lowest BCUT2D eigenvalue weighted by Crippen LogP contribution is -2.35. The van der Waals surface area contributed by atoms with Crippen LogP contribution in [0.15, 0.2) is 71.8 Å². The third-order valence-electron chi connectivity index (χ3n) is 8.41. The number of rotatable bonds is 12. The Morgan fingerprint density at radius 1 is 1.04 bits per heavy atom. The molecule has 0 aliphatic carbocycles. The lowest BCUT2D eigenvalue weighted by atomic mass is 9.97.